The summed E-state index contributed by atoms with van der Waals surface area (Å²) in [5.41, 5.74) is 11.7. The molecule has 6 heteroatoms. The Hall–Kier alpha value is -3.74. The van der Waals surface area contributed by atoms with Gasteiger partial charge >= 0.3 is 0 Å². The van der Waals surface area contributed by atoms with Crippen LogP contribution in [0.1, 0.15) is 38.3 Å². The molecule has 0 unspecified atom stereocenters. The third-order valence-electron chi connectivity index (χ3n) is 5.84. The van der Waals surface area contributed by atoms with Crippen molar-refractivity contribution in [2.24, 2.45) is 5.73 Å². The monoisotopic (exact) mass is 440 g/mol. The highest BCUT2D eigenvalue weighted by atomic mass is 16.2. The van der Waals surface area contributed by atoms with Crippen LogP contribution in [0.2, 0.25) is 0 Å². The number of benzene rings is 3. The summed E-state index contributed by atoms with van der Waals surface area (Å²) in [6.07, 6.45) is 3.21. The highest BCUT2D eigenvalue weighted by Crippen LogP contribution is 2.22. The van der Waals surface area contributed by atoms with Crippen molar-refractivity contribution < 1.29 is 9.59 Å². The summed E-state index contributed by atoms with van der Waals surface area (Å²) < 4.78 is 0. The Morgan fingerprint density at radius 3 is 2.21 bits per heavy atom. The highest BCUT2D eigenvalue weighted by molar-refractivity contribution is 6.08. The first-order valence-corrected chi connectivity index (χ1v) is 11.0. The fourth-order valence-corrected chi connectivity index (χ4v) is 3.79. The van der Waals surface area contributed by atoms with Crippen molar-refractivity contribution in [1.82, 2.24) is 5.32 Å². The fraction of sp³-hybridized carbons (Fsp3) is 0.185. The minimum Gasteiger partial charge on any atom is -0.326 e. The average molecular weight is 441 g/mol. The quantitative estimate of drug-likeness (QED) is 0.540. The summed E-state index contributed by atoms with van der Waals surface area (Å²) in [4.78, 5) is 27.1. The van der Waals surface area contributed by atoms with Crippen LogP contribution in [0.5, 0.6) is 0 Å². The van der Waals surface area contributed by atoms with Gasteiger partial charge in [0, 0.05) is 42.6 Å². The van der Waals surface area contributed by atoms with Crippen LogP contribution in [-0.4, -0.2) is 32.0 Å². The van der Waals surface area contributed by atoms with Gasteiger partial charge in [-0.25, -0.2) is 0 Å². The van der Waals surface area contributed by atoms with Crippen molar-refractivity contribution in [2.75, 3.05) is 30.4 Å². The van der Waals surface area contributed by atoms with Crippen molar-refractivity contribution in [2.45, 2.75) is 13.0 Å². The minimum atomic E-state index is -0.214. The summed E-state index contributed by atoms with van der Waals surface area (Å²) in [6, 6.07) is 22.1. The summed E-state index contributed by atoms with van der Waals surface area (Å²) in [5, 5.41) is 6.23. The normalized spacial score (nSPS) is 13.2. The molecule has 33 heavy (non-hydrogen) atoms. The molecule has 1 aliphatic rings. The van der Waals surface area contributed by atoms with Gasteiger partial charge in [0.15, 0.2) is 0 Å². The van der Waals surface area contributed by atoms with Crippen molar-refractivity contribution in [3.05, 3.63) is 101 Å². The van der Waals surface area contributed by atoms with Crippen LogP contribution in [-0.2, 0) is 6.54 Å². The summed E-state index contributed by atoms with van der Waals surface area (Å²) in [7, 11) is 1.73. The lowest BCUT2D eigenvalue weighted by molar-refractivity contribution is 0.0989. The van der Waals surface area contributed by atoms with Gasteiger partial charge in [-0.05, 0) is 78.2 Å². The second-order valence-electron chi connectivity index (χ2n) is 8.03. The Kier molecular flexibility index (Phi) is 6.98. The molecule has 0 aliphatic carbocycles. The molecular formula is C27H28N4O2. The smallest absolute Gasteiger partial charge is 0.258 e. The lowest BCUT2D eigenvalue weighted by Crippen LogP contribution is -2.26. The van der Waals surface area contributed by atoms with Gasteiger partial charge in [-0.3, -0.25) is 9.59 Å². The SMILES string of the molecule is CN(C(=O)c1ccc(C(=O)Nc2ccc(C3=CCNCC3)cc2)cc1)c1ccc(CN)cc1. The van der Waals surface area contributed by atoms with Crippen molar-refractivity contribution in [1.29, 1.82) is 0 Å². The molecule has 4 rings (SSSR count). The maximum Gasteiger partial charge on any atom is 0.258 e. The molecule has 1 heterocycles. The Morgan fingerprint density at radius 2 is 1.61 bits per heavy atom. The molecule has 0 spiro atoms. The first-order valence-electron chi connectivity index (χ1n) is 11.0. The van der Waals surface area contributed by atoms with E-state index < -0.39 is 0 Å². The standard InChI is InChI=1S/C27H28N4O2/c1-31(25-12-2-19(18-28)3-13-25)27(33)23-6-4-22(5-7-23)26(32)30-24-10-8-20(9-11-24)21-14-16-29-17-15-21/h2-14,29H,15-18,28H2,1H3,(H,30,32). The Morgan fingerprint density at radius 1 is 0.939 bits per heavy atom. The zero-order valence-corrected chi connectivity index (χ0v) is 18.7. The van der Waals surface area contributed by atoms with Gasteiger partial charge in [0.1, 0.15) is 0 Å². The molecule has 0 atom stereocenters. The van der Waals surface area contributed by atoms with Crippen LogP contribution in [0, 0.1) is 0 Å². The summed E-state index contributed by atoms with van der Waals surface area (Å²) in [5.74, 6) is -0.362. The molecule has 0 aromatic heterocycles. The number of anilines is 2. The van der Waals surface area contributed by atoms with Crippen LogP contribution in [0.3, 0.4) is 0 Å². The molecule has 0 radical (unpaired) electrons. The molecule has 0 bridgehead atoms. The van der Waals surface area contributed by atoms with Gasteiger partial charge in [0.2, 0.25) is 0 Å². The molecule has 0 saturated carbocycles. The number of rotatable bonds is 6. The summed E-state index contributed by atoms with van der Waals surface area (Å²) in [6.45, 7) is 2.34. The van der Waals surface area contributed by atoms with Crippen molar-refractivity contribution in [3.8, 4) is 0 Å². The van der Waals surface area contributed by atoms with Crippen molar-refractivity contribution in [3.63, 3.8) is 0 Å². The van der Waals surface area contributed by atoms with Gasteiger partial charge in [0.05, 0.1) is 0 Å². The van der Waals surface area contributed by atoms with E-state index in [1.54, 1.807) is 36.2 Å². The molecule has 1 aliphatic heterocycles. The molecular weight excluding hydrogens is 412 g/mol. The van der Waals surface area contributed by atoms with Crippen molar-refractivity contribution >= 4 is 28.8 Å². The van der Waals surface area contributed by atoms with Gasteiger partial charge in [0.25, 0.3) is 11.8 Å². The number of carbonyl (C=O) groups is 2. The number of nitrogens with one attached hydrogen (secondary N) is 2. The molecule has 4 N–H and O–H groups in total. The average Bonchev–Trinajstić information content (AvgIpc) is 2.89. The number of nitrogens with zero attached hydrogens (tertiary/aromatic N) is 1. The van der Waals surface area contributed by atoms with E-state index in [-0.39, 0.29) is 11.8 Å². The first-order chi connectivity index (χ1) is 16.0. The molecule has 0 saturated heterocycles. The maximum atomic E-state index is 12.8. The zero-order chi connectivity index (χ0) is 23.2. The molecule has 3 aromatic rings. The van der Waals surface area contributed by atoms with Gasteiger partial charge < -0.3 is 21.3 Å². The van der Waals surface area contributed by atoms with Crippen LogP contribution in [0.4, 0.5) is 11.4 Å². The van der Waals surface area contributed by atoms with Gasteiger partial charge in [-0.1, -0.05) is 30.3 Å². The molecule has 0 fully saturated rings. The minimum absolute atomic E-state index is 0.148. The zero-order valence-electron chi connectivity index (χ0n) is 18.7. The van der Waals surface area contributed by atoms with E-state index in [1.807, 2.05) is 48.5 Å². The van der Waals surface area contributed by atoms with E-state index in [4.69, 9.17) is 5.73 Å². The van der Waals surface area contributed by atoms with E-state index in [1.165, 1.54) is 11.1 Å². The summed E-state index contributed by atoms with van der Waals surface area (Å²) >= 11 is 0. The lowest BCUT2D eigenvalue weighted by Gasteiger charge is -2.18. The molecule has 2 amide bonds. The molecule has 168 valence electrons. The van der Waals surface area contributed by atoms with Crippen LogP contribution in [0.25, 0.3) is 5.57 Å². The molecule has 6 nitrogen and oxygen atoms in total. The third-order valence-corrected chi connectivity index (χ3v) is 5.84. The van der Waals surface area contributed by atoms with Crippen LogP contribution >= 0.6 is 0 Å². The van der Waals surface area contributed by atoms with E-state index >= 15 is 0 Å². The van der Waals surface area contributed by atoms with Gasteiger partial charge in [-0.2, -0.15) is 0 Å². The number of hydrogen-bond acceptors (Lipinski definition) is 4. The lowest BCUT2D eigenvalue weighted by atomic mass is 10.00. The Bertz CT molecular complexity index is 1150. The van der Waals surface area contributed by atoms with Gasteiger partial charge in [-0.15, -0.1) is 0 Å². The first kappa shape index (κ1) is 22.5. The van der Waals surface area contributed by atoms with E-state index in [2.05, 4.69) is 16.7 Å². The number of nitrogens with two attached hydrogens (primary N) is 1. The number of hydrogen-bond donors (Lipinski definition) is 3. The second kappa shape index (κ2) is 10.3. The largest absolute Gasteiger partial charge is 0.326 e. The molecule has 3 aromatic carbocycles. The van der Waals surface area contributed by atoms with E-state index in [0.29, 0.717) is 17.7 Å². The highest BCUT2D eigenvalue weighted by Gasteiger charge is 2.15. The predicted molar refractivity (Wildman–Crippen MR) is 133 cm³/mol. The topological polar surface area (TPSA) is 87.5 Å². The Labute approximate surface area is 194 Å². The second-order valence-corrected chi connectivity index (χ2v) is 8.03. The number of amides is 2. The third kappa shape index (κ3) is 5.37. The van der Waals surface area contributed by atoms with Crippen LogP contribution in [0.15, 0.2) is 78.9 Å². The fourth-order valence-electron chi connectivity index (χ4n) is 3.79. The maximum absolute atomic E-state index is 12.8. The number of carbonyl (C=O) groups excluding carboxylic acids is 2. The predicted octanol–water partition coefficient (Wildman–Crippen LogP) is 4.05. The van der Waals surface area contributed by atoms with E-state index in [0.717, 1.165) is 36.4 Å². The van der Waals surface area contributed by atoms with E-state index in [9.17, 15) is 9.59 Å². The Balaban J connectivity index is 1.39. The van der Waals surface area contributed by atoms with Crippen LogP contribution < -0.4 is 21.3 Å².